The zero-order valence-corrected chi connectivity index (χ0v) is 15.6. The van der Waals surface area contributed by atoms with Crippen LogP contribution in [0.2, 0.25) is 0 Å². The molecule has 3 aromatic rings. The maximum absolute atomic E-state index is 12.7. The summed E-state index contributed by atoms with van der Waals surface area (Å²) in [4.78, 5) is 33.3. The van der Waals surface area contributed by atoms with Crippen LogP contribution in [0, 0.1) is 5.92 Å². The Bertz CT molecular complexity index is 1040. The summed E-state index contributed by atoms with van der Waals surface area (Å²) in [6.45, 7) is 3.97. The Morgan fingerprint density at radius 2 is 2.19 bits per heavy atom. The molecule has 0 radical (unpaired) electrons. The third-order valence-corrected chi connectivity index (χ3v) is 5.97. The summed E-state index contributed by atoms with van der Waals surface area (Å²) in [6.07, 6.45) is 2.42. The largest absolute Gasteiger partial charge is 0.451 e. The van der Waals surface area contributed by atoms with E-state index >= 15 is 0 Å². The average molecular weight is 368 g/mol. The average Bonchev–Trinajstić information content (AvgIpc) is 3.04. The van der Waals surface area contributed by atoms with Crippen LogP contribution in [0.1, 0.15) is 53.0 Å². The molecule has 2 aromatic heterocycles. The lowest BCUT2D eigenvalue weighted by Gasteiger charge is -2.19. The lowest BCUT2D eigenvalue weighted by molar-refractivity contribution is 0.0319. The third-order valence-electron chi connectivity index (χ3n) is 4.92. The molecule has 0 spiro atoms. The number of fused-ring (bicyclic) bond motifs is 2. The van der Waals surface area contributed by atoms with Crippen LogP contribution in [0.4, 0.5) is 0 Å². The molecule has 4 rings (SSSR count). The Kier molecular flexibility index (Phi) is 4.36. The first-order chi connectivity index (χ1) is 12.5. The minimum Gasteiger partial charge on any atom is -0.451 e. The van der Waals surface area contributed by atoms with Crippen molar-refractivity contribution in [1.29, 1.82) is 0 Å². The third kappa shape index (κ3) is 3.05. The summed E-state index contributed by atoms with van der Waals surface area (Å²) in [5, 5.41) is 2.42. The fourth-order valence-electron chi connectivity index (χ4n) is 3.43. The maximum Gasteiger partial charge on any atom is 0.339 e. The Morgan fingerprint density at radius 3 is 3.04 bits per heavy atom. The number of aromatic amines is 1. The van der Waals surface area contributed by atoms with Crippen LogP contribution >= 0.6 is 11.3 Å². The van der Waals surface area contributed by atoms with E-state index in [-0.39, 0.29) is 11.5 Å². The summed E-state index contributed by atoms with van der Waals surface area (Å²) < 4.78 is 5.61. The van der Waals surface area contributed by atoms with Gasteiger partial charge in [0, 0.05) is 10.3 Å². The summed E-state index contributed by atoms with van der Waals surface area (Å²) >= 11 is 1.64. The summed E-state index contributed by atoms with van der Waals surface area (Å²) in [6, 6.07) is 7.12. The number of benzene rings is 1. The number of nitrogens with zero attached hydrogens (tertiary/aromatic N) is 1. The monoisotopic (exact) mass is 368 g/mol. The van der Waals surface area contributed by atoms with Crippen molar-refractivity contribution in [2.45, 2.75) is 39.2 Å². The molecule has 1 aliphatic rings. The first kappa shape index (κ1) is 17.0. The summed E-state index contributed by atoms with van der Waals surface area (Å²) in [5.74, 6) is 0.677. The maximum atomic E-state index is 12.7. The number of para-hydroxylation sites is 1. The number of ether oxygens (including phenoxy) is 1. The number of H-pyrrole nitrogens is 1. The van der Waals surface area contributed by atoms with Gasteiger partial charge in [-0.25, -0.2) is 9.78 Å². The van der Waals surface area contributed by atoms with E-state index in [2.05, 4.69) is 16.9 Å². The minimum atomic E-state index is -0.627. The van der Waals surface area contributed by atoms with Crippen molar-refractivity contribution in [3.05, 3.63) is 61.8 Å². The number of esters is 1. The van der Waals surface area contributed by atoms with E-state index in [1.165, 1.54) is 4.88 Å². The van der Waals surface area contributed by atoms with E-state index in [9.17, 15) is 9.59 Å². The standard InChI is InChI=1S/C20H20N2O3S/c1-11-7-8-13-15(10-26-17(13)9-11)20(24)25-12(2)18-21-16-6-4-3-5-14(16)19(23)22-18/h3-6,10-12H,7-9H2,1-2H3,(H,21,22,23). The zero-order chi connectivity index (χ0) is 18.3. The molecule has 0 fully saturated rings. The minimum absolute atomic E-state index is 0.226. The van der Waals surface area contributed by atoms with Gasteiger partial charge in [-0.15, -0.1) is 11.3 Å². The number of hydrogen-bond donors (Lipinski definition) is 1. The molecule has 6 heteroatoms. The van der Waals surface area contributed by atoms with Gasteiger partial charge in [0.1, 0.15) is 0 Å². The molecular weight excluding hydrogens is 348 g/mol. The topological polar surface area (TPSA) is 72.0 Å². The predicted molar refractivity (Wildman–Crippen MR) is 102 cm³/mol. The van der Waals surface area contributed by atoms with E-state index < -0.39 is 6.10 Å². The second-order valence-corrected chi connectivity index (χ2v) is 7.88. The fourth-order valence-corrected chi connectivity index (χ4v) is 4.66. The Balaban J connectivity index is 1.58. The molecule has 5 nitrogen and oxygen atoms in total. The van der Waals surface area contributed by atoms with E-state index in [1.54, 1.807) is 36.5 Å². The van der Waals surface area contributed by atoms with Crippen LogP contribution in [-0.2, 0) is 17.6 Å². The number of nitrogens with one attached hydrogen (secondary N) is 1. The molecule has 2 unspecified atom stereocenters. The van der Waals surface area contributed by atoms with Crippen molar-refractivity contribution in [1.82, 2.24) is 9.97 Å². The number of carbonyl (C=O) groups is 1. The highest BCUT2D eigenvalue weighted by atomic mass is 32.1. The van der Waals surface area contributed by atoms with Gasteiger partial charge in [-0.3, -0.25) is 4.79 Å². The van der Waals surface area contributed by atoms with Crippen molar-refractivity contribution in [3.63, 3.8) is 0 Å². The van der Waals surface area contributed by atoms with Crippen molar-refractivity contribution >= 4 is 28.2 Å². The molecule has 1 N–H and O–H groups in total. The smallest absolute Gasteiger partial charge is 0.339 e. The molecule has 0 aliphatic heterocycles. The fraction of sp³-hybridized carbons (Fsp3) is 0.350. The quantitative estimate of drug-likeness (QED) is 0.709. The zero-order valence-electron chi connectivity index (χ0n) is 14.7. The number of aromatic nitrogens is 2. The summed E-state index contributed by atoms with van der Waals surface area (Å²) in [7, 11) is 0. The Labute approximate surface area is 155 Å². The van der Waals surface area contributed by atoms with Crippen LogP contribution in [0.5, 0.6) is 0 Å². The van der Waals surface area contributed by atoms with Crippen molar-refractivity contribution in [2.75, 3.05) is 0 Å². The first-order valence-electron chi connectivity index (χ1n) is 8.82. The molecule has 2 heterocycles. The van der Waals surface area contributed by atoms with Crippen LogP contribution < -0.4 is 5.56 Å². The first-order valence-corrected chi connectivity index (χ1v) is 9.70. The van der Waals surface area contributed by atoms with E-state index in [1.807, 2.05) is 11.4 Å². The van der Waals surface area contributed by atoms with Gasteiger partial charge in [-0.05, 0) is 49.8 Å². The van der Waals surface area contributed by atoms with Crippen LogP contribution in [0.3, 0.4) is 0 Å². The van der Waals surface area contributed by atoms with Gasteiger partial charge in [-0.1, -0.05) is 19.1 Å². The van der Waals surface area contributed by atoms with E-state index in [0.717, 1.165) is 24.8 Å². The van der Waals surface area contributed by atoms with Gasteiger partial charge in [0.15, 0.2) is 11.9 Å². The number of rotatable bonds is 3. The van der Waals surface area contributed by atoms with Gasteiger partial charge >= 0.3 is 5.97 Å². The lowest BCUT2D eigenvalue weighted by atomic mass is 9.88. The summed E-state index contributed by atoms with van der Waals surface area (Å²) in [5.41, 5.74) is 2.16. The highest BCUT2D eigenvalue weighted by Gasteiger charge is 2.25. The number of thiophene rings is 1. The van der Waals surface area contributed by atoms with Gasteiger partial charge < -0.3 is 9.72 Å². The molecule has 26 heavy (non-hydrogen) atoms. The Hall–Kier alpha value is -2.47. The number of hydrogen-bond acceptors (Lipinski definition) is 5. The second-order valence-electron chi connectivity index (χ2n) is 6.91. The molecular formula is C20H20N2O3S. The van der Waals surface area contributed by atoms with Gasteiger partial charge in [-0.2, -0.15) is 0 Å². The molecule has 0 bridgehead atoms. The van der Waals surface area contributed by atoms with Crippen molar-refractivity contribution in [2.24, 2.45) is 5.92 Å². The molecule has 2 atom stereocenters. The lowest BCUT2D eigenvalue weighted by Crippen LogP contribution is -2.18. The molecule has 0 amide bonds. The SMILES string of the molecule is CC1CCc2c(C(=O)OC(C)c3nc4ccccc4c(=O)[nH]3)csc2C1. The highest BCUT2D eigenvalue weighted by Crippen LogP contribution is 2.33. The Morgan fingerprint density at radius 1 is 1.38 bits per heavy atom. The number of carbonyl (C=O) groups excluding carboxylic acids is 1. The van der Waals surface area contributed by atoms with Gasteiger partial charge in [0.05, 0.1) is 16.5 Å². The molecule has 0 saturated carbocycles. The molecule has 134 valence electrons. The molecule has 1 aromatic carbocycles. The highest BCUT2D eigenvalue weighted by molar-refractivity contribution is 7.10. The normalized spacial score (nSPS) is 17.7. The van der Waals surface area contributed by atoms with E-state index in [0.29, 0.717) is 28.2 Å². The molecule has 1 aliphatic carbocycles. The van der Waals surface area contributed by atoms with Crippen LogP contribution in [-0.4, -0.2) is 15.9 Å². The predicted octanol–water partition coefficient (Wildman–Crippen LogP) is 4.03. The van der Waals surface area contributed by atoms with Crippen molar-refractivity contribution < 1.29 is 9.53 Å². The van der Waals surface area contributed by atoms with Crippen molar-refractivity contribution in [3.8, 4) is 0 Å². The molecule has 0 saturated heterocycles. The van der Waals surface area contributed by atoms with E-state index in [4.69, 9.17) is 4.74 Å². The second kappa shape index (κ2) is 6.68. The van der Waals surface area contributed by atoms with Crippen LogP contribution in [0.25, 0.3) is 10.9 Å². The van der Waals surface area contributed by atoms with Gasteiger partial charge in [0.2, 0.25) is 0 Å². The van der Waals surface area contributed by atoms with Crippen LogP contribution in [0.15, 0.2) is 34.4 Å². The van der Waals surface area contributed by atoms with Gasteiger partial charge in [0.25, 0.3) is 5.56 Å².